The minimum absolute atomic E-state index is 1.57. The summed E-state index contributed by atoms with van der Waals surface area (Å²) in [6, 6.07) is -2.27. The van der Waals surface area contributed by atoms with Crippen molar-refractivity contribution in [3.05, 3.63) is 0 Å². The van der Waals surface area contributed by atoms with Crippen molar-refractivity contribution in [1.29, 1.82) is 0 Å². The Bertz CT molecular complexity index is 3450. The van der Waals surface area contributed by atoms with Crippen molar-refractivity contribution in [2.24, 2.45) is 5.73 Å². The molecule has 50 heavy (non-hydrogen) atoms. The Morgan fingerprint density at radius 2 is 0.960 bits per heavy atom. The summed E-state index contributed by atoms with van der Waals surface area (Å²) in [4.78, 5) is 49.1. The van der Waals surface area contributed by atoms with E-state index in [-0.39, 0.29) is 0 Å². The van der Waals surface area contributed by atoms with Crippen LogP contribution in [0, 0.1) is 0 Å². The van der Waals surface area contributed by atoms with Crippen molar-refractivity contribution in [1.82, 2.24) is 0 Å². The van der Waals surface area contributed by atoms with Crippen molar-refractivity contribution >= 4 is 25.7 Å². The number of carboxylic acids is 1. The summed E-state index contributed by atoms with van der Waals surface area (Å²) < 4.78 is 539. The van der Waals surface area contributed by atoms with Gasteiger partial charge >= 0.3 is 25.7 Å². The number of phosphoric ester groups is 1. The van der Waals surface area contributed by atoms with Gasteiger partial charge in [-0.05, 0) is 12.7 Å². The quantitative estimate of drug-likeness (QED) is 0.0401. The summed E-state index contributed by atoms with van der Waals surface area (Å²) in [5.74, 6) is -8.34. The number of carbonyl (C=O) groups is 3. The summed E-state index contributed by atoms with van der Waals surface area (Å²) in [5.41, 5.74) is 5.16. The minimum atomic E-state index is -6.04. The van der Waals surface area contributed by atoms with Gasteiger partial charge in [-0.15, -0.1) is 0 Å². The van der Waals surface area contributed by atoms with Crippen LogP contribution in [0.1, 0.15) is 277 Å². The summed E-state index contributed by atoms with van der Waals surface area (Å²) in [7, 11) is -6.04. The molecule has 0 aliphatic rings. The van der Waals surface area contributed by atoms with Gasteiger partial charge in [-0.1, -0.05) is 167 Å². The minimum Gasteiger partial charge on any atom is -0.480 e. The van der Waals surface area contributed by atoms with E-state index in [0.717, 1.165) is 0 Å². The summed E-state index contributed by atoms with van der Waals surface area (Å²) >= 11 is 0. The van der Waals surface area contributed by atoms with E-state index in [0.29, 0.717) is 0 Å². The highest BCUT2D eigenvalue weighted by molar-refractivity contribution is 7.47. The van der Waals surface area contributed by atoms with E-state index in [1.807, 2.05) is 0 Å². The number of phosphoric acid groups is 1. The monoisotopic (exact) mass is 798 g/mol. The van der Waals surface area contributed by atoms with Gasteiger partial charge in [0.25, 0.3) is 0 Å². The molecule has 3 atom stereocenters. The summed E-state index contributed by atoms with van der Waals surface area (Å²) in [6.45, 7) is -14.7. The number of esters is 2. The van der Waals surface area contributed by atoms with E-state index in [2.05, 4.69) is 18.5 Å². The van der Waals surface area contributed by atoms with Gasteiger partial charge in [0.05, 0.1) is 13.2 Å². The van der Waals surface area contributed by atoms with Gasteiger partial charge in [-0.3, -0.25) is 23.4 Å². The number of hydrogen-bond acceptors (Lipinski definition) is 9. The Hall–Kier alpha value is -1.52. The lowest BCUT2D eigenvalue weighted by Crippen LogP contribution is -2.34. The van der Waals surface area contributed by atoms with E-state index in [9.17, 15) is 23.8 Å². The molecule has 0 aliphatic heterocycles. The maximum absolute atomic E-state index is 13.9. The average Bonchev–Trinajstić information content (AvgIpc) is 0.681. The molecule has 0 bridgehead atoms. The summed E-state index contributed by atoms with van der Waals surface area (Å²) in [5, 5.41) is 9.05. The SMILES string of the molecule is [2H]C([2H])([2H])C([2H])([2H])C([2H])([2H])C([2H])([2H])C([2H])([2H])C([2H])([2H])C([2H])([2H])C([2H])([2H])C([2H])([2H])C([2H])([2H])C([2H])([2H])C([2H])([2H])C([2H])([2H])C([2H])([2H])C([2H])([2H])C(=O)OC[C@H](COP(=O)(O)OC[C@H](N)C(=O)O)OC(=O)C([2H])([2H])C([2H])([2H])C([2H])([2H])C([2H])([2H])C([2H])([2H])C([2H])([2H])C([2H])([2H])C([2H])([2H])C([2H])([2H])C([2H])([2H])C([2H])([2H])C([2H])([2H])C([2H])([2H])C([2H])([2H])C([2H])([2H])[2H]. The molecule has 1 unspecified atom stereocenters. The van der Waals surface area contributed by atoms with Gasteiger partial charge in [0, 0.05) is 97.7 Å². The lowest BCUT2D eigenvalue weighted by Gasteiger charge is -2.20. The summed E-state index contributed by atoms with van der Waals surface area (Å²) in [6.07, 6.45) is -152. The van der Waals surface area contributed by atoms with Crippen LogP contribution in [0.3, 0.4) is 0 Å². The Kier molecular flexibility index (Phi) is 6.30. The fraction of sp³-hybridized carbons (Fsp3) is 0.921. The van der Waals surface area contributed by atoms with Crippen LogP contribution in [0.4, 0.5) is 0 Å². The number of nitrogens with two attached hydrogens (primary N) is 1. The second-order valence-electron chi connectivity index (χ2n) is 7.13. The van der Waals surface area contributed by atoms with Crippen molar-refractivity contribution in [3.8, 4) is 0 Å². The first-order valence-corrected chi connectivity index (χ1v) is 13.9. The smallest absolute Gasteiger partial charge is 0.472 e. The third-order valence-electron chi connectivity index (χ3n) is 3.66. The van der Waals surface area contributed by atoms with Crippen LogP contribution >= 0.6 is 7.82 Å². The van der Waals surface area contributed by atoms with Crippen molar-refractivity contribution in [3.63, 3.8) is 0 Å². The molecular weight excluding hydrogens is 661 g/mol. The number of rotatable bonds is 38. The molecule has 0 radical (unpaired) electrons. The van der Waals surface area contributed by atoms with Gasteiger partial charge < -0.3 is 25.2 Å². The van der Waals surface area contributed by atoms with Crippen molar-refractivity contribution in [2.75, 3.05) is 19.8 Å². The number of carbonyl (C=O) groups excluding carboxylic acids is 2. The Morgan fingerprint density at radius 3 is 1.36 bits per heavy atom. The molecule has 0 saturated carbocycles. The molecule has 0 aromatic rings. The highest BCUT2D eigenvalue weighted by Gasteiger charge is 2.28. The molecule has 0 aromatic carbocycles. The van der Waals surface area contributed by atoms with Crippen LogP contribution in [-0.4, -0.2) is 59.9 Å². The standard InChI is InChI=1S/C38H74NO10P/c1-3-5-7-9-11-13-15-17-19-21-23-25-27-29-36(40)46-31-34(32-47-50(44,45)48-33-35(39)38(42)43)49-37(41)30-28-26-24-22-20-18-16-14-12-10-8-6-4-2/h34-35H,3-33,39H2,1-2H3,(H,42,43)(H,44,45)/t34-,35+/m1/s1/i1D3,2D3,3D2,4D2,5D2,6D2,7D2,8D2,9D2,10D2,11D2,12D2,13D2,14D2,15D2,16D2,17D2,18D2,19D2,20D2,21D2,22D2,23D2,24D2,25D2,26D2,27D2,28D2,29D2,30D2. The number of hydrogen-bond donors (Lipinski definition) is 3. The first kappa shape index (κ1) is 9.12. The van der Waals surface area contributed by atoms with Crippen LogP contribution in [0.25, 0.3) is 0 Å². The molecular formula is C38H74NO10P. The first-order chi connectivity index (χ1) is 47.5. The van der Waals surface area contributed by atoms with Crippen LogP contribution in [0.5, 0.6) is 0 Å². The molecule has 0 rings (SSSR count). The predicted molar refractivity (Wildman–Crippen MR) is 199 cm³/mol. The molecule has 0 aromatic heterocycles. The molecule has 0 saturated heterocycles. The zero-order chi connectivity index (χ0) is 92.3. The van der Waals surface area contributed by atoms with E-state index < -0.39 is 250 Å². The van der Waals surface area contributed by atoms with E-state index in [4.69, 9.17) is 95.8 Å². The number of ether oxygens (including phenoxy) is 2. The first-order valence-electron chi connectivity index (χ1n) is 43.4. The molecule has 0 spiro atoms. The Labute approximate surface area is 391 Å². The van der Waals surface area contributed by atoms with Crippen LogP contribution in [-0.2, 0) is 37.5 Å². The largest absolute Gasteiger partial charge is 0.480 e. The fourth-order valence-corrected chi connectivity index (χ4v) is 2.59. The maximum Gasteiger partial charge on any atom is 0.472 e. The molecule has 0 fully saturated rings. The zero-order valence-electron chi connectivity index (χ0n) is 87.0. The fourth-order valence-electron chi connectivity index (χ4n) is 1.81. The topological polar surface area (TPSA) is 172 Å². The lowest BCUT2D eigenvalue weighted by molar-refractivity contribution is -0.161. The second-order valence-corrected chi connectivity index (χ2v) is 8.58. The lowest BCUT2D eigenvalue weighted by atomic mass is 10.0. The number of carboxylic acid groups (broad SMARTS) is 1. The third kappa shape index (κ3) is 33.6. The van der Waals surface area contributed by atoms with E-state index in [1.54, 1.807) is 0 Å². The molecule has 0 heterocycles. The molecule has 11 nitrogen and oxygen atoms in total. The van der Waals surface area contributed by atoms with Gasteiger partial charge in [0.2, 0.25) is 0 Å². The highest BCUT2D eigenvalue weighted by Crippen LogP contribution is 2.43. The molecule has 296 valence electrons. The van der Waals surface area contributed by atoms with Gasteiger partial charge in [-0.25, -0.2) is 4.57 Å². The van der Waals surface area contributed by atoms with Gasteiger partial charge in [0.1, 0.15) is 12.6 Å². The van der Waals surface area contributed by atoms with Crippen LogP contribution in [0.15, 0.2) is 0 Å². The van der Waals surface area contributed by atoms with Crippen LogP contribution in [0.2, 0.25) is 0 Å². The van der Waals surface area contributed by atoms with E-state index in [1.165, 1.54) is 0 Å². The second kappa shape index (κ2) is 34.6. The van der Waals surface area contributed by atoms with Crippen LogP contribution < -0.4 is 5.73 Å². The molecule has 0 amide bonds. The maximum atomic E-state index is 13.9. The average molecular weight is 798 g/mol. The zero-order valence-corrected chi connectivity index (χ0v) is 25.9. The Morgan fingerprint density at radius 1 is 0.600 bits per heavy atom. The predicted octanol–water partition coefficient (Wildman–Crippen LogP) is 9.95. The third-order valence-corrected chi connectivity index (χ3v) is 4.61. The van der Waals surface area contributed by atoms with E-state index >= 15 is 0 Å². The van der Waals surface area contributed by atoms with Crippen molar-refractivity contribution < 1.29 is 132 Å². The van der Waals surface area contributed by atoms with Gasteiger partial charge in [0.15, 0.2) is 6.10 Å². The highest BCUT2D eigenvalue weighted by atomic mass is 31.2. The van der Waals surface area contributed by atoms with Crippen molar-refractivity contribution in [2.45, 2.75) is 204 Å². The normalized spacial score (nSPS) is 40.8. The molecule has 4 N–H and O–H groups in total. The van der Waals surface area contributed by atoms with Gasteiger partial charge in [-0.2, -0.15) is 0 Å². The number of aliphatic carboxylic acids is 1. The Balaban J connectivity index is 8.28. The molecule has 0 aliphatic carbocycles. The molecule has 12 heteroatoms.